The fourth-order valence-electron chi connectivity index (χ4n) is 1.65. The highest BCUT2D eigenvalue weighted by atomic mass is 15.3. The molecule has 0 aliphatic carbocycles. The number of hydrogen-bond acceptors (Lipinski definition) is 4. The summed E-state index contributed by atoms with van der Waals surface area (Å²) < 4.78 is 1.80. The minimum Gasteiger partial charge on any atom is -0.310 e. The Labute approximate surface area is 97.9 Å². The molecule has 5 nitrogen and oxygen atoms in total. The van der Waals surface area contributed by atoms with E-state index in [1.807, 2.05) is 7.05 Å². The van der Waals surface area contributed by atoms with Crippen LogP contribution in [0.4, 0.5) is 0 Å². The van der Waals surface area contributed by atoms with Crippen molar-refractivity contribution in [1.82, 2.24) is 25.0 Å². The van der Waals surface area contributed by atoms with Gasteiger partial charge < -0.3 is 10.2 Å². The van der Waals surface area contributed by atoms with Crippen LogP contribution in [0, 0.1) is 0 Å². The van der Waals surface area contributed by atoms with E-state index in [0.717, 1.165) is 32.0 Å². The van der Waals surface area contributed by atoms with Gasteiger partial charge in [0, 0.05) is 7.05 Å². The molecule has 1 aromatic heterocycles. The lowest BCUT2D eigenvalue weighted by molar-refractivity contribution is 0.297. The second-order valence-electron chi connectivity index (χ2n) is 3.86. The Balaban J connectivity index is 2.06. The van der Waals surface area contributed by atoms with Gasteiger partial charge in [-0.05, 0) is 32.6 Å². The zero-order valence-electron chi connectivity index (χ0n) is 10.6. The minimum atomic E-state index is 0.800. The summed E-state index contributed by atoms with van der Waals surface area (Å²) in [4.78, 5) is 6.59. The summed E-state index contributed by atoms with van der Waals surface area (Å²) in [6, 6.07) is 0. The van der Waals surface area contributed by atoms with E-state index in [0.29, 0.717) is 0 Å². The second kappa shape index (κ2) is 7.35. The first-order valence-corrected chi connectivity index (χ1v) is 6.03. The van der Waals surface area contributed by atoms with Crippen molar-refractivity contribution in [2.75, 3.05) is 26.2 Å². The van der Waals surface area contributed by atoms with Crippen LogP contribution >= 0.6 is 0 Å². The lowest BCUT2D eigenvalue weighted by atomic mass is 10.3. The zero-order chi connectivity index (χ0) is 11.8. The number of nitrogens with zero attached hydrogens (tertiary/aromatic N) is 4. The van der Waals surface area contributed by atoms with E-state index in [4.69, 9.17) is 0 Å². The van der Waals surface area contributed by atoms with E-state index in [-0.39, 0.29) is 0 Å². The molecular weight excluding hydrogens is 202 g/mol. The van der Waals surface area contributed by atoms with Gasteiger partial charge in [0.1, 0.15) is 12.2 Å². The first-order chi connectivity index (χ1) is 7.77. The molecule has 0 fully saturated rings. The Morgan fingerprint density at radius 3 is 2.69 bits per heavy atom. The molecule has 1 aromatic rings. The molecule has 0 bridgehead atoms. The van der Waals surface area contributed by atoms with Gasteiger partial charge in [0.25, 0.3) is 0 Å². The van der Waals surface area contributed by atoms with Crippen molar-refractivity contribution >= 4 is 0 Å². The lowest BCUT2D eigenvalue weighted by Gasteiger charge is -2.17. The number of aryl methyl sites for hydroxylation is 1. The van der Waals surface area contributed by atoms with Crippen LogP contribution in [-0.2, 0) is 13.6 Å². The van der Waals surface area contributed by atoms with E-state index in [9.17, 15) is 0 Å². The summed E-state index contributed by atoms with van der Waals surface area (Å²) >= 11 is 0. The van der Waals surface area contributed by atoms with Gasteiger partial charge in [0.05, 0.1) is 6.54 Å². The van der Waals surface area contributed by atoms with Crippen molar-refractivity contribution in [3.63, 3.8) is 0 Å². The highest BCUT2D eigenvalue weighted by Crippen LogP contribution is 1.91. The number of nitrogens with one attached hydrogen (secondary N) is 1. The Morgan fingerprint density at radius 2 is 2.12 bits per heavy atom. The Bertz CT molecular complexity index is 280. The van der Waals surface area contributed by atoms with Gasteiger partial charge in [-0.25, -0.2) is 4.98 Å². The van der Waals surface area contributed by atoms with Crippen LogP contribution in [0.3, 0.4) is 0 Å². The standard InChI is InChI=1S/C11H23N5/c1-4-16(5-2)8-6-7-12-9-11-13-10-14-15(11)3/h10,12H,4-9H2,1-3H3. The van der Waals surface area contributed by atoms with Crippen LogP contribution < -0.4 is 5.32 Å². The molecule has 0 atom stereocenters. The largest absolute Gasteiger partial charge is 0.310 e. The molecular formula is C11H23N5. The number of rotatable bonds is 8. The molecule has 1 N–H and O–H groups in total. The molecule has 0 aliphatic heterocycles. The van der Waals surface area contributed by atoms with Crippen molar-refractivity contribution < 1.29 is 0 Å². The van der Waals surface area contributed by atoms with Gasteiger partial charge in [-0.3, -0.25) is 4.68 Å². The summed E-state index contributed by atoms with van der Waals surface area (Å²) in [5.41, 5.74) is 0. The molecule has 0 saturated heterocycles. The third kappa shape index (κ3) is 4.28. The van der Waals surface area contributed by atoms with E-state index in [1.54, 1.807) is 11.0 Å². The Morgan fingerprint density at radius 1 is 1.38 bits per heavy atom. The van der Waals surface area contributed by atoms with Gasteiger partial charge in [0.15, 0.2) is 0 Å². The highest BCUT2D eigenvalue weighted by Gasteiger charge is 2.00. The predicted octanol–water partition coefficient (Wildman–Crippen LogP) is 0.637. The first-order valence-electron chi connectivity index (χ1n) is 6.03. The predicted molar refractivity (Wildman–Crippen MR) is 65.1 cm³/mol. The molecule has 1 heterocycles. The number of hydrogen-bond donors (Lipinski definition) is 1. The lowest BCUT2D eigenvalue weighted by Crippen LogP contribution is -2.27. The molecule has 0 aliphatic rings. The average molecular weight is 225 g/mol. The fourth-order valence-corrected chi connectivity index (χ4v) is 1.65. The molecule has 0 spiro atoms. The quantitative estimate of drug-likeness (QED) is 0.659. The maximum absolute atomic E-state index is 4.16. The van der Waals surface area contributed by atoms with Crippen LogP contribution in [0.5, 0.6) is 0 Å². The van der Waals surface area contributed by atoms with E-state index in [1.165, 1.54) is 13.0 Å². The van der Waals surface area contributed by atoms with Crippen LogP contribution in [0.25, 0.3) is 0 Å². The smallest absolute Gasteiger partial charge is 0.140 e. The average Bonchev–Trinajstić information content (AvgIpc) is 2.70. The van der Waals surface area contributed by atoms with Crippen LogP contribution in [-0.4, -0.2) is 45.8 Å². The fraction of sp³-hybridized carbons (Fsp3) is 0.818. The summed E-state index contributed by atoms with van der Waals surface area (Å²) in [6.07, 6.45) is 2.77. The molecule has 92 valence electrons. The highest BCUT2D eigenvalue weighted by molar-refractivity contribution is 4.81. The van der Waals surface area contributed by atoms with Gasteiger partial charge in [-0.1, -0.05) is 13.8 Å². The molecule has 0 radical (unpaired) electrons. The SMILES string of the molecule is CCN(CC)CCCNCc1ncnn1C. The topological polar surface area (TPSA) is 46.0 Å². The molecule has 0 saturated carbocycles. The second-order valence-corrected chi connectivity index (χ2v) is 3.86. The van der Waals surface area contributed by atoms with Crippen molar-refractivity contribution in [2.24, 2.45) is 7.05 Å². The molecule has 5 heteroatoms. The van der Waals surface area contributed by atoms with E-state index in [2.05, 4.69) is 34.1 Å². The first kappa shape index (κ1) is 13.1. The molecule has 16 heavy (non-hydrogen) atoms. The normalized spacial score (nSPS) is 11.2. The van der Waals surface area contributed by atoms with Crippen LogP contribution in [0.1, 0.15) is 26.1 Å². The monoisotopic (exact) mass is 225 g/mol. The van der Waals surface area contributed by atoms with Crippen molar-refractivity contribution in [3.8, 4) is 0 Å². The Kier molecular flexibility index (Phi) is 6.03. The molecule has 0 amide bonds. The summed E-state index contributed by atoms with van der Waals surface area (Å²) in [6.45, 7) is 9.68. The van der Waals surface area contributed by atoms with Crippen LogP contribution in [0.15, 0.2) is 6.33 Å². The van der Waals surface area contributed by atoms with Gasteiger partial charge in [-0.2, -0.15) is 5.10 Å². The van der Waals surface area contributed by atoms with Crippen molar-refractivity contribution in [3.05, 3.63) is 12.2 Å². The summed E-state index contributed by atoms with van der Waals surface area (Å²) in [5, 5.41) is 7.41. The third-order valence-corrected chi connectivity index (χ3v) is 2.81. The van der Waals surface area contributed by atoms with Gasteiger partial charge >= 0.3 is 0 Å². The molecule has 0 aromatic carbocycles. The third-order valence-electron chi connectivity index (χ3n) is 2.81. The van der Waals surface area contributed by atoms with E-state index >= 15 is 0 Å². The number of aromatic nitrogens is 3. The van der Waals surface area contributed by atoms with Crippen molar-refractivity contribution in [2.45, 2.75) is 26.8 Å². The van der Waals surface area contributed by atoms with E-state index < -0.39 is 0 Å². The summed E-state index contributed by atoms with van der Waals surface area (Å²) in [5.74, 6) is 0.989. The minimum absolute atomic E-state index is 0.800. The molecule has 0 unspecified atom stereocenters. The van der Waals surface area contributed by atoms with Gasteiger partial charge in [0.2, 0.25) is 0 Å². The van der Waals surface area contributed by atoms with Crippen molar-refractivity contribution in [1.29, 1.82) is 0 Å². The van der Waals surface area contributed by atoms with Gasteiger partial charge in [-0.15, -0.1) is 0 Å². The molecule has 1 rings (SSSR count). The zero-order valence-corrected chi connectivity index (χ0v) is 10.6. The van der Waals surface area contributed by atoms with Crippen LogP contribution in [0.2, 0.25) is 0 Å². The summed E-state index contributed by atoms with van der Waals surface area (Å²) in [7, 11) is 1.92. The Hall–Kier alpha value is -0.940. The maximum Gasteiger partial charge on any atom is 0.140 e. The maximum atomic E-state index is 4.16.